The average Bonchev–Trinajstić information content (AvgIpc) is 3.18. The van der Waals surface area contributed by atoms with E-state index in [0.29, 0.717) is 23.6 Å². The maximum absolute atomic E-state index is 11.9. The number of amides is 2. The molecule has 0 heterocycles. The van der Waals surface area contributed by atoms with Gasteiger partial charge in [-0.15, -0.1) is 0 Å². The SMILES string of the molecule is Nc1cccc(NC(=O)NC(C2CC2)C2CC2)c1. The van der Waals surface area contributed by atoms with Crippen LogP contribution in [0.1, 0.15) is 25.7 Å². The molecule has 0 atom stereocenters. The van der Waals surface area contributed by atoms with Gasteiger partial charge in [0.1, 0.15) is 0 Å². The minimum absolute atomic E-state index is 0.107. The van der Waals surface area contributed by atoms with Gasteiger partial charge in [-0.05, 0) is 55.7 Å². The number of urea groups is 1. The zero-order valence-electron chi connectivity index (χ0n) is 10.4. The third-order valence-corrected chi connectivity index (χ3v) is 3.70. The van der Waals surface area contributed by atoms with Crippen LogP contribution >= 0.6 is 0 Å². The Kier molecular flexibility index (Phi) is 2.86. The van der Waals surface area contributed by atoms with Crippen molar-refractivity contribution in [1.82, 2.24) is 5.32 Å². The van der Waals surface area contributed by atoms with E-state index in [1.807, 2.05) is 12.1 Å². The van der Waals surface area contributed by atoms with Crippen molar-refractivity contribution in [3.63, 3.8) is 0 Å². The maximum Gasteiger partial charge on any atom is 0.319 e. The van der Waals surface area contributed by atoms with Crippen LogP contribution in [0.2, 0.25) is 0 Å². The van der Waals surface area contributed by atoms with Crippen LogP contribution in [-0.2, 0) is 0 Å². The van der Waals surface area contributed by atoms with Gasteiger partial charge in [0, 0.05) is 17.4 Å². The number of hydrogen-bond donors (Lipinski definition) is 3. The second kappa shape index (κ2) is 4.52. The van der Waals surface area contributed by atoms with Crippen LogP contribution in [0.15, 0.2) is 24.3 Å². The molecule has 96 valence electrons. The highest BCUT2D eigenvalue weighted by molar-refractivity contribution is 5.90. The summed E-state index contributed by atoms with van der Waals surface area (Å²) in [5, 5.41) is 5.97. The highest BCUT2D eigenvalue weighted by Gasteiger charge is 2.42. The summed E-state index contributed by atoms with van der Waals surface area (Å²) in [6.07, 6.45) is 5.05. The number of hydrogen-bond acceptors (Lipinski definition) is 2. The van der Waals surface area contributed by atoms with Crippen LogP contribution < -0.4 is 16.4 Å². The molecule has 4 nitrogen and oxygen atoms in total. The molecule has 2 saturated carbocycles. The summed E-state index contributed by atoms with van der Waals surface area (Å²) in [6.45, 7) is 0. The number of rotatable bonds is 4. The summed E-state index contributed by atoms with van der Waals surface area (Å²) in [5.41, 5.74) is 7.09. The van der Waals surface area contributed by atoms with Crippen LogP contribution in [0.5, 0.6) is 0 Å². The first-order chi connectivity index (χ1) is 8.72. The molecular weight excluding hydrogens is 226 g/mol. The summed E-state index contributed by atoms with van der Waals surface area (Å²) < 4.78 is 0. The molecule has 0 bridgehead atoms. The van der Waals surface area contributed by atoms with Crippen LogP contribution in [0, 0.1) is 11.8 Å². The Morgan fingerprint density at radius 1 is 1.22 bits per heavy atom. The Labute approximate surface area is 107 Å². The normalized spacial score (nSPS) is 18.7. The van der Waals surface area contributed by atoms with E-state index < -0.39 is 0 Å². The van der Waals surface area contributed by atoms with Gasteiger partial charge >= 0.3 is 6.03 Å². The van der Waals surface area contributed by atoms with Crippen molar-refractivity contribution >= 4 is 17.4 Å². The Hall–Kier alpha value is -1.71. The quantitative estimate of drug-likeness (QED) is 0.714. The van der Waals surface area contributed by atoms with Gasteiger partial charge in [-0.3, -0.25) is 0 Å². The lowest BCUT2D eigenvalue weighted by atomic mass is 10.1. The predicted octanol–water partition coefficient (Wildman–Crippen LogP) is 2.58. The lowest BCUT2D eigenvalue weighted by Crippen LogP contribution is -2.40. The van der Waals surface area contributed by atoms with E-state index in [4.69, 9.17) is 5.73 Å². The Morgan fingerprint density at radius 3 is 2.44 bits per heavy atom. The fourth-order valence-electron chi connectivity index (χ4n) is 2.47. The summed E-state index contributed by atoms with van der Waals surface area (Å²) in [5.74, 6) is 1.42. The molecule has 0 spiro atoms. The van der Waals surface area contributed by atoms with Gasteiger partial charge in [0.15, 0.2) is 0 Å². The van der Waals surface area contributed by atoms with Gasteiger partial charge < -0.3 is 16.4 Å². The van der Waals surface area contributed by atoms with E-state index >= 15 is 0 Å². The first kappa shape index (κ1) is 11.4. The Bertz CT molecular complexity index is 440. The molecule has 0 radical (unpaired) electrons. The van der Waals surface area contributed by atoms with Crippen LogP contribution in [0.4, 0.5) is 16.2 Å². The van der Waals surface area contributed by atoms with Crippen LogP contribution in [0.3, 0.4) is 0 Å². The minimum atomic E-state index is -0.107. The van der Waals surface area contributed by atoms with Gasteiger partial charge in [0.25, 0.3) is 0 Å². The second-order valence-corrected chi connectivity index (χ2v) is 5.42. The standard InChI is InChI=1S/C14H19N3O/c15-11-2-1-3-12(8-11)16-14(18)17-13(9-4-5-9)10-6-7-10/h1-3,8-10,13H,4-7,15H2,(H2,16,17,18). The van der Waals surface area contributed by atoms with Gasteiger partial charge in [-0.1, -0.05) is 6.07 Å². The van der Waals surface area contributed by atoms with Crippen molar-refractivity contribution in [3.8, 4) is 0 Å². The summed E-state index contributed by atoms with van der Waals surface area (Å²) in [4.78, 5) is 11.9. The first-order valence-corrected chi connectivity index (χ1v) is 6.65. The van der Waals surface area contributed by atoms with Crippen molar-refractivity contribution in [1.29, 1.82) is 0 Å². The molecule has 1 aromatic carbocycles. The van der Waals surface area contributed by atoms with Gasteiger partial charge in [-0.2, -0.15) is 0 Å². The van der Waals surface area contributed by atoms with Gasteiger partial charge in [0.2, 0.25) is 0 Å². The number of nitrogens with one attached hydrogen (secondary N) is 2. The largest absolute Gasteiger partial charge is 0.399 e. The summed E-state index contributed by atoms with van der Waals surface area (Å²) in [7, 11) is 0. The number of nitrogens with two attached hydrogens (primary N) is 1. The third-order valence-electron chi connectivity index (χ3n) is 3.70. The zero-order valence-corrected chi connectivity index (χ0v) is 10.4. The molecule has 1 aromatic rings. The average molecular weight is 245 g/mol. The molecule has 2 aliphatic rings. The Morgan fingerprint density at radius 2 is 1.89 bits per heavy atom. The smallest absolute Gasteiger partial charge is 0.319 e. The summed E-state index contributed by atoms with van der Waals surface area (Å²) in [6, 6.07) is 7.53. The molecule has 4 heteroatoms. The lowest BCUT2D eigenvalue weighted by Gasteiger charge is -2.18. The number of benzene rings is 1. The molecule has 0 unspecified atom stereocenters. The van der Waals surface area contributed by atoms with Crippen molar-refractivity contribution < 1.29 is 4.79 Å². The second-order valence-electron chi connectivity index (χ2n) is 5.42. The molecule has 4 N–H and O–H groups in total. The number of carbonyl (C=O) groups is 1. The predicted molar refractivity (Wildman–Crippen MR) is 72.2 cm³/mol. The molecule has 2 amide bonds. The molecular formula is C14H19N3O. The molecule has 0 aromatic heterocycles. The van der Waals surface area contributed by atoms with E-state index in [0.717, 1.165) is 5.69 Å². The first-order valence-electron chi connectivity index (χ1n) is 6.65. The van der Waals surface area contributed by atoms with E-state index in [2.05, 4.69) is 10.6 Å². The molecule has 18 heavy (non-hydrogen) atoms. The molecule has 0 aliphatic heterocycles. The lowest BCUT2D eigenvalue weighted by molar-refractivity contribution is 0.245. The highest BCUT2D eigenvalue weighted by atomic mass is 16.2. The maximum atomic E-state index is 11.9. The molecule has 0 saturated heterocycles. The monoisotopic (exact) mass is 245 g/mol. The van der Waals surface area contributed by atoms with E-state index in [1.54, 1.807) is 12.1 Å². The molecule has 2 fully saturated rings. The van der Waals surface area contributed by atoms with E-state index in [9.17, 15) is 4.79 Å². The van der Waals surface area contributed by atoms with Crippen LogP contribution in [-0.4, -0.2) is 12.1 Å². The van der Waals surface area contributed by atoms with Crippen molar-refractivity contribution in [2.75, 3.05) is 11.1 Å². The summed E-state index contributed by atoms with van der Waals surface area (Å²) >= 11 is 0. The highest BCUT2D eigenvalue weighted by Crippen LogP contribution is 2.44. The zero-order chi connectivity index (χ0) is 12.5. The van der Waals surface area contributed by atoms with Crippen molar-refractivity contribution in [3.05, 3.63) is 24.3 Å². The minimum Gasteiger partial charge on any atom is -0.399 e. The topological polar surface area (TPSA) is 67.1 Å². The van der Waals surface area contributed by atoms with Crippen LogP contribution in [0.25, 0.3) is 0 Å². The van der Waals surface area contributed by atoms with E-state index in [-0.39, 0.29) is 6.03 Å². The van der Waals surface area contributed by atoms with E-state index in [1.165, 1.54) is 25.7 Å². The Balaban J connectivity index is 1.57. The number of nitrogen functional groups attached to an aromatic ring is 1. The van der Waals surface area contributed by atoms with Gasteiger partial charge in [-0.25, -0.2) is 4.79 Å². The number of carbonyl (C=O) groups excluding carboxylic acids is 1. The fourth-order valence-corrected chi connectivity index (χ4v) is 2.47. The molecule has 2 aliphatic carbocycles. The molecule has 3 rings (SSSR count). The van der Waals surface area contributed by atoms with Crippen molar-refractivity contribution in [2.45, 2.75) is 31.7 Å². The fraction of sp³-hybridized carbons (Fsp3) is 0.500. The number of anilines is 2. The van der Waals surface area contributed by atoms with Gasteiger partial charge in [0.05, 0.1) is 0 Å². The van der Waals surface area contributed by atoms with Crippen molar-refractivity contribution in [2.24, 2.45) is 11.8 Å². The third kappa shape index (κ3) is 2.75.